The number of benzene rings is 3. The molecule has 2 aliphatic heterocycles. The van der Waals surface area contributed by atoms with Crippen LogP contribution in [0.4, 0.5) is 21.5 Å². The zero-order valence-corrected chi connectivity index (χ0v) is 28.2. The van der Waals surface area contributed by atoms with Crippen molar-refractivity contribution < 1.29 is 4.39 Å². The summed E-state index contributed by atoms with van der Waals surface area (Å²) in [6, 6.07) is 16.6. The summed E-state index contributed by atoms with van der Waals surface area (Å²) in [5.74, 6) is -0.532. The van der Waals surface area contributed by atoms with Crippen LogP contribution in [0.25, 0.3) is 10.9 Å². The second-order valence-corrected chi connectivity index (χ2v) is 14.0. The van der Waals surface area contributed by atoms with Crippen LogP contribution in [0.15, 0.2) is 66.6 Å². The van der Waals surface area contributed by atoms with Gasteiger partial charge in [0.1, 0.15) is 11.9 Å². The number of nitrogens with zero attached hydrogens (tertiary/aromatic N) is 3. The molecule has 1 saturated heterocycles. The molecule has 3 aromatic carbocycles. The summed E-state index contributed by atoms with van der Waals surface area (Å²) in [7, 11) is 0. The molecule has 1 aromatic heterocycles. The first-order valence-corrected chi connectivity index (χ1v) is 16.6. The monoisotopic (exact) mass is 672 g/mol. The second-order valence-electron chi connectivity index (χ2n) is 13.2. The molecule has 0 bridgehead atoms. The summed E-state index contributed by atoms with van der Waals surface area (Å²) in [6.45, 7) is 10.5. The summed E-state index contributed by atoms with van der Waals surface area (Å²) < 4.78 is 13.9. The van der Waals surface area contributed by atoms with E-state index in [-0.39, 0.29) is 16.6 Å². The molecule has 244 valence electrons. The zero-order chi connectivity index (χ0) is 33.3. The van der Waals surface area contributed by atoms with Gasteiger partial charge in [-0.25, -0.2) is 4.39 Å². The highest BCUT2D eigenvalue weighted by molar-refractivity contribution is 6.36. The number of nitriles is 1. The Labute approximate surface area is 285 Å². The number of hydrogen-bond donors (Lipinski definition) is 5. The number of anilines is 3. The Balaban J connectivity index is 1.34. The average molecular weight is 674 g/mol. The minimum Gasteiger partial charge on any atom is -0.399 e. The van der Waals surface area contributed by atoms with Gasteiger partial charge in [0, 0.05) is 66.9 Å². The molecule has 1 atom stereocenters. The Morgan fingerprint density at radius 3 is 2.53 bits per heavy atom. The molecular formula is C36H39Cl2FN8. The fraction of sp³-hybridized carbons (Fsp3) is 0.333. The molecule has 0 aliphatic carbocycles. The van der Waals surface area contributed by atoms with Crippen molar-refractivity contribution >= 4 is 51.2 Å². The molecule has 0 saturated carbocycles. The Bertz CT molecular complexity index is 1870. The van der Waals surface area contributed by atoms with E-state index < -0.39 is 5.82 Å². The third kappa shape index (κ3) is 7.26. The minimum absolute atomic E-state index is 0.0322. The quantitative estimate of drug-likeness (QED) is 0.129. The van der Waals surface area contributed by atoms with Crippen LogP contribution in [0, 0.1) is 17.1 Å². The number of hydrogen-bond acceptors (Lipinski definition) is 8. The van der Waals surface area contributed by atoms with Crippen LogP contribution in [0.5, 0.6) is 0 Å². The zero-order valence-electron chi connectivity index (χ0n) is 26.7. The van der Waals surface area contributed by atoms with E-state index in [1.165, 1.54) is 29.5 Å². The van der Waals surface area contributed by atoms with E-state index in [1.54, 1.807) is 6.07 Å². The molecule has 47 heavy (non-hydrogen) atoms. The van der Waals surface area contributed by atoms with Crippen molar-refractivity contribution in [3.8, 4) is 6.07 Å². The number of fused-ring (bicyclic) bond motifs is 2. The maximum atomic E-state index is 13.9. The van der Waals surface area contributed by atoms with Crippen LogP contribution in [0.3, 0.4) is 0 Å². The van der Waals surface area contributed by atoms with E-state index in [4.69, 9.17) is 28.9 Å². The van der Waals surface area contributed by atoms with Gasteiger partial charge < -0.3 is 27.0 Å². The molecule has 3 heterocycles. The van der Waals surface area contributed by atoms with Crippen LogP contribution in [0.2, 0.25) is 10.0 Å². The molecule has 8 nitrogen and oxygen atoms in total. The lowest BCUT2D eigenvalue weighted by atomic mass is 9.97. The second kappa shape index (κ2) is 13.6. The topological polar surface area (TPSA) is 114 Å². The van der Waals surface area contributed by atoms with E-state index in [9.17, 15) is 9.65 Å². The van der Waals surface area contributed by atoms with E-state index in [0.29, 0.717) is 50.3 Å². The van der Waals surface area contributed by atoms with Gasteiger partial charge in [-0.05, 0) is 80.6 Å². The molecule has 0 unspecified atom stereocenters. The first kappa shape index (κ1) is 32.9. The van der Waals surface area contributed by atoms with E-state index >= 15 is 0 Å². The molecule has 11 heteroatoms. The molecule has 0 spiro atoms. The molecule has 0 amide bonds. The first-order chi connectivity index (χ1) is 22.5. The third-order valence-electron chi connectivity index (χ3n) is 9.00. The largest absolute Gasteiger partial charge is 0.399 e. The van der Waals surface area contributed by atoms with E-state index in [0.717, 1.165) is 44.6 Å². The summed E-state index contributed by atoms with van der Waals surface area (Å²) in [4.78, 5) is 6.99. The predicted octanol–water partition coefficient (Wildman–Crippen LogP) is 7.70. The molecular weight excluding hydrogens is 634 g/mol. The van der Waals surface area contributed by atoms with Crippen molar-refractivity contribution in [3.63, 3.8) is 0 Å². The number of nitrogens with one attached hydrogen (secondary N) is 4. The van der Waals surface area contributed by atoms with Crippen LogP contribution in [0.1, 0.15) is 61.9 Å². The number of likely N-dealkylation sites (tertiary alicyclic amines) is 1. The van der Waals surface area contributed by atoms with Crippen LogP contribution >= 0.6 is 23.2 Å². The third-order valence-corrected chi connectivity index (χ3v) is 9.58. The lowest BCUT2D eigenvalue weighted by Crippen LogP contribution is -2.49. The number of aromatic nitrogens is 1. The highest BCUT2D eigenvalue weighted by Crippen LogP contribution is 2.37. The molecule has 2 aliphatic rings. The number of nitrogens with two attached hydrogens (primary N) is 1. The van der Waals surface area contributed by atoms with Gasteiger partial charge in [0.15, 0.2) is 0 Å². The number of piperidine rings is 1. The van der Waals surface area contributed by atoms with Gasteiger partial charge >= 0.3 is 0 Å². The fourth-order valence-corrected chi connectivity index (χ4v) is 6.76. The van der Waals surface area contributed by atoms with E-state index in [1.807, 2.05) is 18.3 Å². The molecule has 6 N–H and O–H groups in total. The van der Waals surface area contributed by atoms with Crippen molar-refractivity contribution in [2.45, 2.75) is 64.3 Å². The Morgan fingerprint density at radius 1 is 1.06 bits per heavy atom. The van der Waals surface area contributed by atoms with Gasteiger partial charge in [-0.2, -0.15) is 5.26 Å². The minimum atomic E-state index is -0.532. The highest BCUT2D eigenvalue weighted by atomic mass is 35.5. The average Bonchev–Trinajstić information content (AvgIpc) is 3.52. The van der Waals surface area contributed by atoms with Crippen molar-refractivity contribution in [3.05, 3.63) is 105 Å². The maximum Gasteiger partial charge on any atom is 0.141 e. The maximum absolute atomic E-state index is 13.9. The SMILES string of the molecule is CC(C)(C)N1CCC(N/C=C(\N)[C@@H](Nc2cc(Cl)c3ncc(C#N)c(Nc4ccc(F)c(Cl)c4)c3c2)c2ccc3c(c2)CNC3)CC1. The lowest BCUT2D eigenvalue weighted by molar-refractivity contribution is 0.0988. The standard InChI is InChI=1S/C36H39Cl2FN8/c1-36(2,3)47-10-8-25(9-11-47)43-20-32(41)34(21-4-5-22-17-42-18-23(22)12-21)46-27-13-28-33(45-26-6-7-31(39)29(37)14-26)24(16-40)19-44-35(28)30(38)15-27/h4-7,12-15,19-20,25,34,42-43,46H,8-11,17-18,41H2,1-3H3,(H,44,45)/b32-20-/t34-/m0/s1. The Kier molecular flexibility index (Phi) is 9.49. The molecule has 6 rings (SSSR count). The van der Waals surface area contributed by atoms with Gasteiger partial charge in [0.25, 0.3) is 0 Å². The summed E-state index contributed by atoms with van der Waals surface area (Å²) >= 11 is 12.9. The van der Waals surface area contributed by atoms with Crippen molar-refractivity contribution in [1.82, 2.24) is 20.5 Å². The van der Waals surface area contributed by atoms with Gasteiger partial charge in [-0.15, -0.1) is 0 Å². The van der Waals surface area contributed by atoms with Crippen molar-refractivity contribution in [2.24, 2.45) is 5.73 Å². The number of pyridine rings is 1. The molecule has 1 fully saturated rings. The summed E-state index contributed by atoms with van der Waals surface area (Å²) in [6.07, 6.45) is 5.47. The van der Waals surface area contributed by atoms with Crippen molar-refractivity contribution in [1.29, 1.82) is 5.26 Å². The van der Waals surface area contributed by atoms with Crippen LogP contribution in [-0.2, 0) is 13.1 Å². The number of halogens is 3. The van der Waals surface area contributed by atoms with Crippen LogP contribution in [-0.4, -0.2) is 34.6 Å². The first-order valence-electron chi connectivity index (χ1n) is 15.8. The number of rotatable bonds is 8. The van der Waals surface area contributed by atoms with Gasteiger partial charge in [0.2, 0.25) is 0 Å². The predicted molar refractivity (Wildman–Crippen MR) is 189 cm³/mol. The smallest absolute Gasteiger partial charge is 0.141 e. The van der Waals surface area contributed by atoms with Gasteiger partial charge in [-0.3, -0.25) is 9.88 Å². The lowest BCUT2D eigenvalue weighted by Gasteiger charge is -2.41. The summed E-state index contributed by atoms with van der Waals surface area (Å²) in [5.41, 5.74) is 13.7. The molecule has 4 aromatic rings. The fourth-order valence-electron chi connectivity index (χ4n) is 6.32. The Morgan fingerprint density at radius 2 is 1.81 bits per heavy atom. The van der Waals surface area contributed by atoms with Crippen LogP contribution < -0.4 is 27.0 Å². The van der Waals surface area contributed by atoms with Crippen molar-refractivity contribution in [2.75, 3.05) is 23.7 Å². The highest BCUT2D eigenvalue weighted by Gasteiger charge is 2.27. The normalized spacial score (nSPS) is 16.5. The summed E-state index contributed by atoms with van der Waals surface area (Å²) in [5, 5.41) is 24.8. The van der Waals surface area contributed by atoms with Gasteiger partial charge in [-0.1, -0.05) is 41.4 Å². The van der Waals surface area contributed by atoms with Gasteiger partial charge in [0.05, 0.1) is 38.6 Å². The van der Waals surface area contributed by atoms with E-state index in [2.05, 4.69) is 76.2 Å². The Hall–Kier alpha value is -4.07. The molecule has 0 radical (unpaired) electrons.